The van der Waals surface area contributed by atoms with Crippen molar-refractivity contribution in [3.05, 3.63) is 66.1 Å². The minimum Gasteiger partial charge on any atom is -0.371 e. The van der Waals surface area contributed by atoms with Crippen LogP contribution in [0.4, 0.5) is 10.1 Å². The fourth-order valence-electron chi connectivity index (χ4n) is 3.46. The number of piperidine rings is 1. The molecule has 4 nitrogen and oxygen atoms in total. The number of aryl methyl sites for hydroxylation is 1. The van der Waals surface area contributed by atoms with E-state index in [9.17, 15) is 4.39 Å². The van der Waals surface area contributed by atoms with E-state index in [1.807, 2.05) is 24.5 Å². The number of H-pyrrole nitrogens is 1. The molecule has 0 saturated carbocycles. The van der Waals surface area contributed by atoms with E-state index < -0.39 is 0 Å². The number of anilines is 1. The first kappa shape index (κ1) is 15.8. The van der Waals surface area contributed by atoms with Crippen LogP contribution in [0.5, 0.6) is 0 Å². The smallest absolute Gasteiger partial charge is 0.126 e. The number of halogens is 1. The maximum atomic E-state index is 13.9. The zero-order valence-electron chi connectivity index (χ0n) is 14.2. The fourth-order valence-corrected chi connectivity index (χ4v) is 3.46. The number of nitrogens with zero attached hydrogens (tertiary/aromatic N) is 3. The summed E-state index contributed by atoms with van der Waals surface area (Å²) in [5, 5.41) is 0. The molecule has 3 aromatic rings. The molecule has 1 aliphatic heterocycles. The van der Waals surface area contributed by atoms with Gasteiger partial charge in [0.05, 0.1) is 12.0 Å². The summed E-state index contributed by atoms with van der Waals surface area (Å²) in [4.78, 5) is 14.2. The summed E-state index contributed by atoms with van der Waals surface area (Å²) < 4.78 is 13.9. The predicted molar refractivity (Wildman–Crippen MR) is 97.1 cm³/mol. The topological polar surface area (TPSA) is 44.8 Å². The van der Waals surface area contributed by atoms with Gasteiger partial charge in [-0.3, -0.25) is 4.98 Å². The molecule has 25 heavy (non-hydrogen) atoms. The number of hydrogen-bond donors (Lipinski definition) is 1. The average Bonchev–Trinajstić information content (AvgIpc) is 3.19. The van der Waals surface area contributed by atoms with Crippen molar-refractivity contribution >= 4 is 5.69 Å². The van der Waals surface area contributed by atoms with E-state index >= 15 is 0 Å². The molecule has 1 N–H and O–H groups in total. The number of pyridine rings is 1. The molecule has 4 rings (SSSR count). The van der Waals surface area contributed by atoms with Gasteiger partial charge in [-0.2, -0.15) is 0 Å². The highest BCUT2D eigenvalue weighted by molar-refractivity contribution is 5.65. The minimum atomic E-state index is -0.190. The van der Waals surface area contributed by atoms with E-state index in [2.05, 4.69) is 25.9 Å². The van der Waals surface area contributed by atoms with E-state index in [1.54, 1.807) is 25.4 Å². The Morgan fingerprint density at radius 1 is 1.16 bits per heavy atom. The Hall–Kier alpha value is -2.69. The van der Waals surface area contributed by atoms with Crippen molar-refractivity contribution in [1.29, 1.82) is 0 Å². The lowest BCUT2D eigenvalue weighted by Crippen LogP contribution is -2.33. The van der Waals surface area contributed by atoms with Crippen LogP contribution in [0.3, 0.4) is 0 Å². The first-order chi connectivity index (χ1) is 12.2. The zero-order valence-corrected chi connectivity index (χ0v) is 14.2. The summed E-state index contributed by atoms with van der Waals surface area (Å²) in [6, 6.07) is 9.38. The van der Waals surface area contributed by atoms with Gasteiger partial charge in [-0.1, -0.05) is 12.1 Å². The Morgan fingerprint density at radius 2 is 2.00 bits per heavy atom. The maximum Gasteiger partial charge on any atom is 0.126 e. The number of nitrogens with one attached hydrogen (secondary N) is 1. The van der Waals surface area contributed by atoms with Crippen LogP contribution in [0.1, 0.15) is 30.0 Å². The average molecular weight is 336 g/mol. The van der Waals surface area contributed by atoms with Crippen LogP contribution >= 0.6 is 0 Å². The van der Waals surface area contributed by atoms with Crippen LogP contribution in [0.25, 0.3) is 11.3 Å². The van der Waals surface area contributed by atoms with Crippen molar-refractivity contribution in [3.63, 3.8) is 0 Å². The second-order valence-electron chi connectivity index (χ2n) is 6.63. The monoisotopic (exact) mass is 336 g/mol. The summed E-state index contributed by atoms with van der Waals surface area (Å²) in [6.07, 6.45) is 7.68. The normalized spacial score (nSPS) is 15.5. The van der Waals surface area contributed by atoms with Crippen molar-refractivity contribution in [2.45, 2.75) is 25.7 Å². The van der Waals surface area contributed by atoms with E-state index in [4.69, 9.17) is 0 Å². The molecule has 0 spiro atoms. The molecule has 1 fully saturated rings. The van der Waals surface area contributed by atoms with Gasteiger partial charge in [0.1, 0.15) is 5.82 Å². The van der Waals surface area contributed by atoms with Gasteiger partial charge in [-0.15, -0.1) is 0 Å². The van der Waals surface area contributed by atoms with Crippen LogP contribution in [0.2, 0.25) is 0 Å². The number of imidazole rings is 1. The zero-order chi connectivity index (χ0) is 17.2. The van der Waals surface area contributed by atoms with Gasteiger partial charge in [0.2, 0.25) is 0 Å². The Balaban J connectivity index is 1.51. The van der Waals surface area contributed by atoms with E-state index in [-0.39, 0.29) is 5.82 Å². The van der Waals surface area contributed by atoms with Crippen molar-refractivity contribution in [2.24, 2.45) is 0 Å². The summed E-state index contributed by atoms with van der Waals surface area (Å²) >= 11 is 0. The summed E-state index contributed by atoms with van der Waals surface area (Å²) in [6.45, 7) is 3.76. The molecule has 2 aromatic heterocycles. The standard InChI is InChI=1S/C20H21FN4/c1-14-2-3-16(10-18(14)21)19-11-17(4-7-23-19)25-8-5-15(6-9-25)20-12-22-13-24-20/h2-4,7,10-13,15H,5-6,8-9H2,1H3,(H,22,24). The molecule has 0 unspecified atom stereocenters. The third-order valence-electron chi connectivity index (χ3n) is 5.03. The third-order valence-corrected chi connectivity index (χ3v) is 5.03. The van der Waals surface area contributed by atoms with Crippen LogP contribution in [-0.2, 0) is 0 Å². The molecule has 0 aliphatic carbocycles. The Labute approximate surface area is 146 Å². The Morgan fingerprint density at radius 3 is 2.72 bits per heavy atom. The van der Waals surface area contributed by atoms with Crippen molar-refractivity contribution in [3.8, 4) is 11.3 Å². The van der Waals surface area contributed by atoms with Gasteiger partial charge in [-0.25, -0.2) is 9.37 Å². The molecule has 0 radical (unpaired) electrons. The lowest BCUT2D eigenvalue weighted by Gasteiger charge is -2.33. The minimum absolute atomic E-state index is 0.190. The number of rotatable bonds is 3. The summed E-state index contributed by atoms with van der Waals surface area (Å²) in [5.41, 5.74) is 4.66. The lowest BCUT2D eigenvalue weighted by atomic mass is 9.93. The van der Waals surface area contributed by atoms with E-state index in [1.165, 1.54) is 5.69 Å². The molecule has 1 saturated heterocycles. The molecular formula is C20H21FN4. The highest BCUT2D eigenvalue weighted by Gasteiger charge is 2.22. The number of benzene rings is 1. The number of hydrogen-bond acceptors (Lipinski definition) is 3. The summed E-state index contributed by atoms with van der Waals surface area (Å²) in [5.74, 6) is 0.358. The van der Waals surface area contributed by atoms with Crippen LogP contribution in [0.15, 0.2) is 49.1 Å². The van der Waals surface area contributed by atoms with Crippen LogP contribution < -0.4 is 4.90 Å². The first-order valence-electron chi connectivity index (χ1n) is 8.66. The molecule has 1 aromatic carbocycles. The quantitative estimate of drug-likeness (QED) is 0.775. The van der Waals surface area contributed by atoms with Gasteiger partial charge >= 0.3 is 0 Å². The second-order valence-corrected chi connectivity index (χ2v) is 6.63. The number of aromatic amines is 1. The molecule has 0 amide bonds. The molecule has 5 heteroatoms. The maximum absolute atomic E-state index is 13.9. The Kier molecular flexibility index (Phi) is 4.22. The Bertz CT molecular complexity index is 852. The van der Waals surface area contributed by atoms with Crippen molar-refractivity contribution in [2.75, 3.05) is 18.0 Å². The largest absolute Gasteiger partial charge is 0.371 e. The molecule has 0 atom stereocenters. The lowest BCUT2D eigenvalue weighted by molar-refractivity contribution is 0.498. The molecule has 3 heterocycles. The SMILES string of the molecule is Cc1ccc(-c2cc(N3CCC(c4cnc[nH]4)CC3)ccn2)cc1F. The van der Waals surface area contributed by atoms with Crippen LogP contribution in [0, 0.1) is 12.7 Å². The van der Waals surface area contributed by atoms with Crippen molar-refractivity contribution in [1.82, 2.24) is 15.0 Å². The van der Waals surface area contributed by atoms with Crippen LogP contribution in [-0.4, -0.2) is 28.0 Å². The molecular weight excluding hydrogens is 315 g/mol. The second kappa shape index (κ2) is 6.67. The first-order valence-corrected chi connectivity index (χ1v) is 8.66. The highest BCUT2D eigenvalue weighted by atomic mass is 19.1. The van der Waals surface area contributed by atoms with Gasteiger partial charge < -0.3 is 9.88 Å². The number of aromatic nitrogens is 3. The highest BCUT2D eigenvalue weighted by Crippen LogP contribution is 2.30. The van der Waals surface area contributed by atoms with Gasteiger partial charge in [0.15, 0.2) is 0 Å². The fraction of sp³-hybridized carbons (Fsp3) is 0.300. The van der Waals surface area contributed by atoms with Gasteiger partial charge in [0.25, 0.3) is 0 Å². The molecule has 1 aliphatic rings. The van der Waals surface area contributed by atoms with Crippen molar-refractivity contribution < 1.29 is 4.39 Å². The molecule has 0 bridgehead atoms. The van der Waals surface area contributed by atoms with Gasteiger partial charge in [0, 0.05) is 48.3 Å². The molecule has 128 valence electrons. The third kappa shape index (κ3) is 3.27. The summed E-state index contributed by atoms with van der Waals surface area (Å²) in [7, 11) is 0. The van der Waals surface area contributed by atoms with E-state index in [0.29, 0.717) is 11.5 Å². The predicted octanol–water partition coefficient (Wildman–Crippen LogP) is 4.30. The van der Waals surface area contributed by atoms with Gasteiger partial charge in [-0.05, 0) is 43.5 Å². The van der Waals surface area contributed by atoms with E-state index in [0.717, 1.165) is 42.9 Å².